The maximum atomic E-state index is 8.97. The molecule has 1 aromatic rings. The summed E-state index contributed by atoms with van der Waals surface area (Å²) in [7, 11) is 0. The molecule has 1 fully saturated rings. The molecule has 1 aliphatic rings. The van der Waals surface area contributed by atoms with Crippen LogP contribution in [0.5, 0.6) is 0 Å². The largest absolute Gasteiger partial charge is 0.192 e. The summed E-state index contributed by atoms with van der Waals surface area (Å²) in [4.78, 5) is 0. The third-order valence-corrected chi connectivity index (χ3v) is 4.55. The molecule has 1 heteroatoms. The summed E-state index contributed by atoms with van der Waals surface area (Å²) in [5.41, 5.74) is 2.19. The average molecular weight is 255 g/mol. The van der Waals surface area contributed by atoms with Crippen LogP contribution in [-0.2, 0) is 0 Å². The molecule has 0 unspecified atom stereocenters. The van der Waals surface area contributed by atoms with E-state index in [1.165, 1.54) is 56.9 Å². The molecule has 19 heavy (non-hydrogen) atoms. The van der Waals surface area contributed by atoms with Gasteiger partial charge >= 0.3 is 0 Å². The lowest BCUT2D eigenvalue weighted by atomic mass is 9.77. The van der Waals surface area contributed by atoms with Crippen LogP contribution in [0.4, 0.5) is 0 Å². The number of hydrogen-bond donors (Lipinski definition) is 0. The van der Waals surface area contributed by atoms with E-state index in [0.717, 1.165) is 11.5 Å². The van der Waals surface area contributed by atoms with Gasteiger partial charge < -0.3 is 0 Å². The van der Waals surface area contributed by atoms with Crippen LogP contribution in [0.2, 0.25) is 0 Å². The lowest BCUT2D eigenvalue weighted by Gasteiger charge is -2.29. The Kier molecular flexibility index (Phi) is 5.45. The molecule has 0 N–H and O–H groups in total. The lowest BCUT2D eigenvalue weighted by molar-refractivity contribution is 0.303. The maximum absolute atomic E-state index is 8.97. The standard InChI is InChI=1S/C18H25N/c1-2-3-4-6-15-9-11-17(12-10-15)18-8-5-7-16(13-18)14-19/h5,7-8,13,15,17H,2-4,6,9-12H2,1H3. The third kappa shape index (κ3) is 4.10. The van der Waals surface area contributed by atoms with E-state index in [-0.39, 0.29) is 0 Å². The molecule has 0 radical (unpaired) electrons. The maximum Gasteiger partial charge on any atom is 0.0991 e. The monoisotopic (exact) mass is 255 g/mol. The van der Waals surface area contributed by atoms with Crippen molar-refractivity contribution in [1.82, 2.24) is 0 Å². The second kappa shape index (κ2) is 7.34. The fraction of sp³-hybridized carbons (Fsp3) is 0.611. The topological polar surface area (TPSA) is 23.8 Å². The van der Waals surface area contributed by atoms with Crippen LogP contribution in [0, 0.1) is 17.2 Å². The van der Waals surface area contributed by atoms with Gasteiger partial charge in [-0.25, -0.2) is 0 Å². The van der Waals surface area contributed by atoms with Crippen molar-refractivity contribution < 1.29 is 0 Å². The summed E-state index contributed by atoms with van der Waals surface area (Å²) in [5.74, 6) is 1.65. The summed E-state index contributed by atoms with van der Waals surface area (Å²) in [6.45, 7) is 2.28. The number of nitrogens with zero attached hydrogens (tertiary/aromatic N) is 1. The zero-order valence-electron chi connectivity index (χ0n) is 12.1. The predicted molar refractivity (Wildman–Crippen MR) is 80.0 cm³/mol. The molecular weight excluding hydrogens is 230 g/mol. The Morgan fingerprint density at radius 1 is 1.16 bits per heavy atom. The summed E-state index contributed by atoms with van der Waals surface area (Å²) in [5, 5.41) is 8.97. The van der Waals surface area contributed by atoms with Crippen molar-refractivity contribution in [2.24, 2.45) is 5.92 Å². The van der Waals surface area contributed by atoms with Crippen LogP contribution < -0.4 is 0 Å². The van der Waals surface area contributed by atoms with Crippen molar-refractivity contribution in [3.63, 3.8) is 0 Å². The average Bonchev–Trinajstić information content (AvgIpc) is 2.48. The minimum atomic E-state index is 0.690. The second-order valence-electron chi connectivity index (χ2n) is 5.95. The van der Waals surface area contributed by atoms with Crippen molar-refractivity contribution >= 4 is 0 Å². The fourth-order valence-corrected chi connectivity index (χ4v) is 3.33. The Morgan fingerprint density at radius 3 is 2.63 bits per heavy atom. The lowest BCUT2D eigenvalue weighted by Crippen LogP contribution is -2.13. The van der Waals surface area contributed by atoms with Gasteiger partial charge in [0, 0.05) is 0 Å². The van der Waals surface area contributed by atoms with Crippen LogP contribution in [0.3, 0.4) is 0 Å². The van der Waals surface area contributed by atoms with Gasteiger partial charge in [0.25, 0.3) is 0 Å². The summed E-state index contributed by atoms with van der Waals surface area (Å²) in [6.07, 6.45) is 10.9. The third-order valence-electron chi connectivity index (χ3n) is 4.55. The zero-order chi connectivity index (χ0) is 13.5. The molecule has 1 saturated carbocycles. The summed E-state index contributed by atoms with van der Waals surface area (Å²) in [6, 6.07) is 10.5. The van der Waals surface area contributed by atoms with E-state index in [4.69, 9.17) is 5.26 Å². The van der Waals surface area contributed by atoms with Gasteiger partial charge in [-0.15, -0.1) is 0 Å². The molecule has 0 bridgehead atoms. The molecule has 1 nitrogen and oxygen atoms in total. The molecule has 102 valence electrons. The van der Waals surface area contributed by atoms with E-state index >= 15 is 0 Å². The highest BCUT2D eigenvalue weighted by molar-refractivity contribution is 5.34. The molecule has 0 aromatic heterocycles. The van der Waals surface area contributed by atoms with Gasteiger partial charge in [0.05, 0.1) is 11.6 Å². The van der Waals surface area contributed by atoms with E-state index in [9.17, 15) is 0 Å². The first-order chi connectivity index (χ1) is 9.33. The van der Waals surface area contributed by atoms with Crippen LogP contribution in [0.25, 0.3) is 0 Å². The smallest absolute Gasteiger partial charge is 0.0991 e. The number of benzene rings is 1. The molecule has 0 atom stereocenters. The van der Waals surface area contributed by atoms with Crippen molar-refractivity contribution in [3.05, 3.63) is 35.4 Å². The van der Waals surface area contributed by atoms with E-state index in [1.54, 1.807) is 0 Å². The van der Waals surface area contributed by atoms with Crippen molar-refractivity contribution in [2.45, 2.75) is 64.2 Å². The molecule has 0 amide bonds. The van der Waals surface area contributed by atoms with E-state index < -0.39 is 0 Å². The van der Waals surface area contributed by atoms with Gasteiger partial charge in [0.1, 0.15) is 0 Å². The number of unbranched alkanes of at least 4 members (excludes halogenated alkanes) is 2. The minimum absolute atomic E-state index is 0.690. The van der Waals surface area contributed by atoms with Crippen molar-refractivity contribution in [3.8, 4) is 6.07 Å². The fourth-order valence-electron chi connectivity index (χ4n) is 3.33. The zero-order valence-corrected chi connectivity index (χ0v) is 12.1. The van der Waals surface area contributed by atoms with Gasteiger partial charge in [-0.05, 0) is 55.2 Å². The number of nitriles is 1. The highest BCUT2D eigenvalue weighted by Crippen LogP contribution is 2.37. The minimum Gasteiger partial charge on any atom is -0.192 e. The first-order valence-corrected chi connectivity index (χ1v) is 7.83. The molecule has 1 aromatic carbocycles. The van der Waals surface area contributed by atoms with Crippen molar-refractivity contribution in [1.29, 1.82) is 5.26 Å². The van der Waals surface area contributed by atoms with Crippen LogP contribution in [-0.4, -0.2) is 0 Å². The molecular formula is C18H25N. The predicted octanol–water partition coefficient (Wildman–Crippen LogP) is 5.41. The Labute approximate surface area is 117 Å². The Bertz CT molecular complexity index is 422. The Morgan fingerprint density at radius 2 is 1.95 bits per heavy atom. The van der Waals surface area contributed by atoms with Gasteiger partial charge in [-0.3, -0.25) is 0 Å². The van der Waals surface area contributed by atoms with Crippen molar-refractivity contribution in [2.75, 3.05) is 0 Å². The second-order valence-corrected chi connectivity index (χ2v) is 5.95. The van der Waals surface area contributed by atoms with Gasteiger partial charge in [0.2, 0.25) is 0 Å². The number of hydrogen-bond acceptors (Lipinski definition) is 1. The van der Waals surface area contributed by atoms with Crippen LogP contribution in [0.15, 0.2) is 24.3 Å². The van der Waals surface area contributed by atoms with E-state index in [2.05, 4.69) is 25.1 Å². The van der Waals surface area contributed by atoms with E-state index in [1.807, 2.05) is 12.1 Å². The molecule has 0 spiro atoms. The van der Waals surface area contributed by atoms with E-state index in [0.29, 0.717) is 5.92 Å². The first-order valence-electron chi connectivity index (χ1n) is 7.83. The molecule has 2 rings (SSSR count). The van der Waals surface area contributed by atoms with Crippen LogP contribution in [0.1, 0.15) is 75.3 Å². The van der Waals surface area contributed by atoms with Gasteiger partial charge in [0.15, 0.2) is 0 Å². The first kappa shape index (κ1) is 14.1. The quantitative estimate of drug-likeness (QED) is 0.645. The molecule has 0 aliphatic heterocycles. The van der Waals surface area contributed by atoms with Gasteiger partial charge in [-0.2, -0.15) is 5.26 Å². The van der Waals surface area contributed by atoms with Gasteiger partial charge in [-0.1, -0.05) is 44.7 Å². The molecule has 1 aliphatic carbocycles. The summed E-state index contributed by atoms with van der Waals surface area (Å²) >= 11 is 0. The highest BCUT2D eigenvalue weighted by atomic mass is 14.3. The molecule has 0 saturated heterocycles. The Hall–Kier alpha value is -1.29. The van der Waals surface area contributed by atoms with Crippen LogP contribution >= 0.6 is 0 Å². The molecule has 0 heterocycles. The highest BCUT2D eigenvalue weighted by Gasteiger charge is 2.22. The normalized spacial score (nSPS) is 22.9. The number of rotatable bonds is 5. The Balaban J connectivity index is 1.84. The summed E-state index contributed by atoms with van der Waals surface area (Å²) < 4.78 is 0. The SMILES string of the molecule is CCCCCC1CCC(c2cccc(C#N)c2)CC1.